The molecule has 0 saturated carbocycles. The highest BCUT2D eigenvalue weighted by Crippen LogP contribution is 2.37. The molecular formula is C25H25NO7S. The van der Waals surface area contributed by atoms with Crippen molar-refractivity contribution in [1.82, 2.24) is 0 Å². The number of anilines is 1. The molecule has 0 unspecified atom stereocenters. The number of nitrogens with one attached hydrogen (secondary N) is 1. The van der Waals surface area contributed by atoms with Crippen molar-refractivity contribution >= 4 is 43.4 Å². The molecule has 1 N–H and O–H groups in total. The second-order valence-corrected chi connectivity index (χ2v) is 9.20. The van der Waals surface area contributed by atoms with Gasteiger partial charge in [-0.05, 0) is 44.2 Å². The third-order valence-corrected chi connectivity index (χ3v) is 6.67. The van der Waals surface area contributed by atoms with Crippen molar-refractivity contribution in [3.63, 3.8) is 0 Å². The highest BCUT2D eigenvalue weighted by Gasteiger charge is 2.24. The Hall–Kier alpha value is -3.56. The molecule has 0 fully saturated rings. The lowest BCUT2D eigenvalue weighted by atomic mass is 10.0. The van der Waals surface area contributed by atoms with E-state index < -0.39 is 16.0 Å². The SMILES string of the molecule is CCOc1ccc(S(=O)(=O)Nc2cc3c(C(=O)OCCOC)c(C)oc3c3ccccc23)cc1. The zero-order chi connectivity index (χ0) is 24.3. The maximum atomic E-state index is 13.2. The first-order valence-corrected chi connectivity index (χ1v) is 12.2. The molecule has 34 heavy (non-hydrogen) atoms. The van der Waals surface area contributed by atoms with E-state index in [2.05, 4.69) is 4.72 Å². The number of sulfonamides is 1. The van der Waals surface area contributed by atoms with Crippen molar-refractivity contribution in [2.24, 2.45) is 0 Å². The van der Waals surface area contributed by atoms with Gasteiger partial charge < -0.3 is 18.6 Å². The maximum absolute atomic E-state index is 13.2. The molecule has 0 spiro atoms. The number of aryl methyl sites for hydroxylation is 1. The number of furan rings is 1. The average Bonchev–Trinajstić information content (AvgIpc) is 3.15. The van der Waals surface area contributed by atoms with Crippen LogP contribution in [-0.2, 0) is 19.5 Å². The van der Waals surface area contributed by atoms with Crippen LogP contribution in [0.5, 0.6) is 5.75 Å². The number of ether oxygens (including phenoxy) is 3. The van der Waals surface area contributed by atoms with Gasteiger partial charge in [0, 0.05) is 23.3 Å². The molecule has 8 nitrogen and oxygen atoms in total. The highest BCUT2D eigenvalue weighted by molar-refractivity contribution is 7.92. The minimum absolute atomic E-state index is 0.0858. The zero-order valence-corrected chi connectivity index (χ0v) is 19.9. The molecular weight excluding hydrogens is 458 g/mol. The fourth-order valence-corrected chi connectivity index (χ4v) is 4.82. The molecule has 9 heteroatoms. The fourth-order valence-electron chi connectivity index (χ4n) is 3.75. The van der Waals surface area contributed by atoms with Gasteiger partial charge in [-0.15, -0.1) is 0 Å². The van der Waals surface area contributed by atoms with Crippen molar-refractivity contribution in [1.29, 1.82) is 0 Å². The van der Waals surface area contributed by atoms with Gasteiger partial charge in [0.25, 0.3) is 10.0 Å². The standard InChI is InChI=1S/C25H25NO7S/c1-4-31-17-9-11-18(12-10-17)34(28,29)26-22-15-21-23(25(27)32-14-13-30-3)16(2)33-24(21)20-8-6-5-7-19(20)22/h5-12,15,26H,4,13-14H2,1-3H3. The largest absolute Gasteiger partial charge is 0.494 e. The molecule has 0 aliphatic rings. The van der Waals surface area contributed by atoms with Gasteiger partial charge in [0.05, 0.1) is 23.8 Å². The monoisotopic (exact) mass is 483 g/mol. The first-order valence-electron chi connectivity index (χ1n) is 10.7. The molecule has 0 atom stereocenters. The minimum Gasteiger partial charge on any atom is -0.494 e. The zero-order valence-electron chi connectivity index (χ0n) is 19.1. The van der Waals surface area contributed by atoms with E-state index >= 15 is 0 Å². The highest BCUT2D eigenvalue weighted by atomic mass is 32.2. The van der Waals surface area contributed by atoms with Crippen LogP contribution in [-0.4, -0.2) is 41.3 Å². The van der Waals surface area contributed by atoms with Crippen LogP contribution in [0.1, 0.15) is 23.0 Å². The van der Waals surface area contributed by atoms with Gasteiger partial charge >= 0.3 is 5.97 Å². The summed E-state index contributed by atoms with van der Waals surface area (Å²) < 4.78 is 50.5. The second-order valence-electron chi connectivity index (χ2n) is 7.52. The van der Waals surface area contributed by atoms with Gasteiger partial charge in [-0.1, -0.05) is 24.3 Å². The molecule has 0 saturated heterocycles. The summed E-state index contributed by atoms with van der Waals surface area (Å²) in [6.45, 7) is 4.36. The molecule has 0 aliphatic carbocycles. The van der Waals surface area contributed by atoms with E-state index in [1.807, 2.05) is 19.1 Å². The molecule has 4 aromatic rings. The van der Waals surface area contributed by atoms with Crippen molar-refractivity contribution in [2.75, 3.05) is 31.7 Å². The lowest BCUT2D eigenvalue weighted by Gasteiger charge is -2.12. The van der Waals surface area contributed by atoms with E-state index in [-0.39, 0.29) is 23.7 Å². The van der Waals surface area contributed by atoms with Crippen LogP contribution in [0.4, 0.5) is 5.69 Å². The number of hydrogen-bond acceptors (Lipinski definition) is 7. The molecule has 0 aliphatic heterocycles. The Morgan fingerprint density at radius 2 is 1.71 bits per heavy atom. The Balaban J connectivity index is 1.80. The second kappa shape index (κ2) is 9.74. The van der Waals surface area contributed by atoms with Gasteiger partial charge in [-0.2, -0.15) is 0 Å². The number of hydrogen-bond donors (Lipinski definition) is 1. The fraction of sp³-hybridized carbons (Fsp3) is 0.240. The van der Waals surface area contributed by atoms with E-state index in [0.717, 1.165) is 0 Å². The number of methoxy groups -OCH3 is 1. The number of carbonyl (C=O) groups excluding carboxylic acids is 1. The first-order chi connectivity index (χ1) is 16.4. The van der Waals surface area contributed by atoms with Gasteiger partial charge in [0.2, 0.25) is 0 Å². The lowest BCUT2D eigenvalue weighted by molar-refractivity contribution is 0.0388. The molecule has 4 rings (SSSR count). The van der Waals surface area contributed by atoms with Gasteiger partial charge in [-0.25, -0.2) is 13.2 Å². The smallest absolute Gasteiger partial charge is 0.342 e. The van der Waals surface area contributed by atoms with Crippen LogP contribution in [0.25, 0.3) is 21.7 Å². The van der Waals surface area contributed by atoms with Crippen LogP contribution in [0, 0.1) is 6.92 Å². The van der Waals surface area contributed by atoms with Crippen molar-refractivity contribution in [3.8, 4) is 5.75 Å². The third-order valence-electron chi connectivity index (χ3n) is 5.29. The molecule has 0 radical (unpaired) electrons. The van der Waals surface area contributed by atoms with Crippen molar-refractivity contribution < 1.29 is 31.8 Å². The summed E-state index contributed by atoms with van der Waals surface area (Å²) in [5, 5.41) is 1.77. The van der Waals surface area contributed by atoms with E-state index in [0.29, 0.717) is 45.5 Å². The van der Waals surface area contributed by atoms with E-state index in [9.17, 15) is 13.2 Å². The normalized spacial score (nSPS) is 11.6. The number of fused-ring (bicyclic) bond motifs is 3. The van der Waals surface area contributed by atoms with Crippen molar-refractivity contribution in [3.05, 3.63) is 65.9 Å². The summed E-state index contributed by atoms with van der Waals surface area (Å²) in [6.07, 6.45) is 0. The Morgan fingerprint density at radius 3 is 2.38 bits per heavy atom. The summed E-state index contributed by atoms with van der Waals surface area (Å²) in [5.41, 5.74) is 1.05. The average molecular weight is 484 g/mol. The topological polar surface area (TPSA) is 104 Å². The summed E-state index contributed by atoms with van der Waals surface area (Å²) in [6, 6.07) is 15.0. The Bertz CT molecular complexity index is 1440. The number of carbonyl (C=O) groups is 1. The third kappa shape index (κ3) is 4.57. The summed E-state index contributed by atoms with van der Waals surface area (Å²) >= 11 is 0. The Morgan fingerprint density at radius 1 is 1.00 bits per heavy atom. The predicted octanol–water partition coefficient (Wildman–Crippen LogP) is 4.90. The van der Waals surface area contributed by atoms with Crippen LogP contribution in [0.2, 0.25) is 0 Å². The number of rotatable bonds is 9. The molecule has 0 amide bonds. The Kier molecular flexibility index (Phi) is 6.76. The van der Waals surface area contributed by atoms with Crippen molar-refractivity contribution in [2.45, 2.75) is 18.7 Å². The van der Waals surface area contributed by atoms with Crippen LogP contribution >= 0.6 is 0 Å². The van der Waals surface area contributed by atoms with Gasteiger partial charge in [0.1, 0.15) is 29.3 Å². The summed E-state index contributed by atoms with van der Waals surface area (Å²) in [4.78, 5) is 12.9. The van der Waals surface area contributed by atoms with E-state index in [1.54, 1.807) is 37.3 Å². The number of esters is 1. The first kappa shape index (κ1) is 23.6. The van der Waals surface area contributed by atoms with Crippen LogP contribution in [0.15, 0.2) is 63.9 Å². The van der Waals surface area contributed by atoms with Gasteiger partial charge in [0.15, 0.2) is 0 Å². The molecule has 0 bridgehead atoms. The lowest BCUT2D eigenvalue weighted by Crippen LogP contribution is -2.13. The predicted molar refractivity (Wildman–Crippen MR) is 129 cm³/mol. The summed E-state index contributed by atoms with van der Waals surface area (Å²) in [5.74, 6) is 0.400. The molecule has 178 valence electrons. The van der Waals surface area contributed by atoms with E-state index in [4.69, 9.17) is 18.6 Å². The van der Waals surface area contributed by atoms with Crippen LogP contribution < -0.4 is 9.46 Å². The maximum Gasteiger partial charge on any atom is 0.342 e. The summed E-state index contributed by atoms with van der Waals surface area (Å²) in [7, 11) is -2.40. The number of benzene rings is 3. The molecule has 1 heterocycles. The molecule has 1 aromatic heterocycles. The minimum atomic E-state index is -3.92. The van der Waals surface area contributed by atoms with E-state index in [1.165, 1.54) is 19.2 Å². The van der Waals surface area contributed by atoms with Crippen LogP contribution in [0.3, 0.4) is 0 Å². The molecule has 3 aromatic carbocycles. The van der Waals surface area contributed by atoms with Gasteiger partial charge in [-0.3, -0.25) is 4.72 Å². The quantitative estimate of drug-likeness (QED) is 0.267. The Labute approximate surface area is 197 Å².